The number of aromatic nitrogens is 1. The van der Waals surface area contributed by atoms with E-state index in [2.05, 4.69) is 24.1 Å². The van der Waals surface area contributed by atoms with Crippen LogP contribution in [0.1, 0.15) is 49.2 Å². The Morgan fingerprint density at radius 2 is 2.03 bits per heavy atom. The summed E-state index contributed by atoms with van der Waals surface area (Å²) in [5, 5.41) is 5.74. The maximum Gasteiger partial charge on any atom is 0.254 e. The second kappa shape index (κ2) is 11.0. The highest BCUT2D eigenvalue weighted by Gasteiger charge is 2.29. The van der Waals surface area contributed by atoms with Crippen molar-refractivity contribution in [1.82, 2.24) is 9.88 Å². The Morgan fingerprint density at radius 3 is 2.62 bits per heavy atom. The van der Waals surface area contributed by atoms with Gasteiger partial charge in [-0.1, -0.05) is 25.4 Å². The molecule has 1 aliphatic heterocycles. The van der Waals surface area contributed by atoms with E-state index in [1.807, 2.05) is 12.3 Å². The number of ether oxygens (including phenoxy) is 2. The van der Waals surface area contributed by atoms with Crippen molar-refractivity contribution in [1.29, 1.82) is 0 Å². The zero-order valence-corrected chi connectivity index (χ0v) is 20.5. The first-order chi connectivity index (χ1) is 15.3. The predicted molar refractivity (Wildman–Crippen MR) is 127 cm³/mol. The van der Waals surface area contributed by atoms with Gasteiger partial charge >= 0.3 is 0 Å². The number of hydrogen-bond acceptors (Lipinski definition) is 6. The van der Waals surface area contributed by atoms with Crippen LogP contribution in [0.25, 0.3) is 0 Å². The molecule has 1 fully saturated rings. The number of hydrogen-bond donors (Lipinski definition) is 1. The Kier molecular flexibility index (Phi) is 8.37. The SMILES string of the molecule is COc1cc(C(=O)N2CCC(C(=O)Nc3nc(C)cs3)CC2)cc(Cl)c1OCCC(C)C. The molecule has 0 saturated carbocycles. The van der Waals surface area contributed by atoms with Crippen LogP contribution in [0.3, 0.4) is 0 Å². The highest BCUT2D eigenvalue weighted by Crippen LogP contribution is 2.37. The lowest BCUT2D eigenvalue weighted by molar-refractivity contribution is -0.121. The number of piperidine rings is 1. The van der Waals surface area contributed by atoms with Crippen LogP contribution in [0.5, 0.6) is 11.5 Å². The molecule has 0 bridgehead atoms. The van der Waals surface area contributed by atoms with Gasteiger partial charge in [0.15, 0.2) is 16.6 Å². The molecule has 2 aromatic rings. The molecule has 32 heavy (non-hydrogen) atoms. The number of methoxy groups -OCH3 is 1. The average molecular weight is 480 g/mol. The van der Waals surface area contributed by atoms with Crippen molar-refractivity contribution in [3.8, 4) is 11.5 Å². The second-order valence-corrected chi connectivity index (χ2v) is 9.64. The molecule has 174 valence electrons. The van der Waals surface area contributed by atoms with Gasteiger partial charge in [-0.25, -0.2) is 4.98 Å². The van der Waals surface area contributed by atoms with E-state index < -0.39 is 0 Å². The van der Waals surface area contributed by atoms with Gasteiger partial charge in [-0.3, -0.25) is 9.59 Å². The molecule has 1 N–H and O–H groups in total. The Hall–Kier alpha value is -2.32. The molecule has 3 rings (SSSR count). The monoisotopic (exact) mass is 479 g/mol. The molecule has 1 saturated heterocycles. The lowest BCUT2D eigenvalue weighted by Gasteiger charge is -2.31. The number of likely N-dealkylation sites (tertiary alicyclic amines) is 1. The number of halogens is 1. The number of aryl methyl sites for hydroxylation is 1. The fraction of sp³-hybridized carbons (Fsp3) is 0.522. The van der Waals surface area contributed by atoms with E-state index in [-0.39, 0.29) is 17.7 Å². The molecule has 1 aromatic heterocycles. The number of rotatable bonds is 8. The molecule has 1 aromatic carbocycles. The van der Waals surface area contributed by atoms with E-state index >= 15 is 0 Å². The van der Waals surface area contributed by atoms with E-state index in [0.29, 0.717) is 65.7 Å². The zero-order valence-electron chi connectivity index (χ0n) is 18.9. The Morgan fingerprint density at radius 1 is 1.31 bits per heavy atom. The molecule has 0 aliphatic carbocycles. The van der Waals surface area contributed by atoms with Crippen LogP contribution < -0.4 is 14.8 Å². The molecule has 2 amide bonds. The summed E-state index contributed by atoms with van der Waals surface area (Å²) in [6.07, 6.45) is 2.09. The molecule has 0 unspecified atom stereocenters. The third-order valence-corrected chi connectivity index (χ3v) is 6.58. The number of amides is 2. The van der Waals surface area contributed by atoms with E-state index in [1.165, 1.54) is 18.4 Å². The summed E-state index contributed by atoms with van der Waals surface area (Å²) in [5.41, 5.74) is 1.33. The Balaban J connectivity index is 1.60. The van der Waals surface area contributed by atoms with Crippen molar-refractivity contribution in [2.45, 2.75) is 40.0 Å². The summed E-state index contributed by atoms with van der Waals surface area (Å²) in [6.45, 7) is 7.66. The molecule has 9 heteroatoms. The predicted octanol–water partition coefficient (Wildman–Crippen LogP) is 5.03. The normalized spacial score (nSPS) is 14.5. The van der Waals surface area contributed by atoms with Gasteiger partial charge in [-0.15, -0.1) is 11.3 Å². The number of benzene rings is 1. The lowest BCUT2D eigenvalue weighted by atomic mass is 9.95. The van der Waals surface area contributed by atoms with Crippen molar-refractivity contribution in [2.24, 2.45) is 11.8 Å². The quantitative estimate of drug-likeness (QED) is 0.574. The summed E-state index contributed by atoms with van der Waals surface area (Å²) in [4.78, 5) is 31.6. The summed E-state index contributed by atoms with van der Waals surface area (Å²) < 4.78 is 11.2. The van der Waals surface area contributed by atoms with Gasteiger partial charge in [0.05, 0.1) is 24.4 Å². The molecule has 0 spiro atoms. The van der Waals surface area contributed by atoms with Crippen molar-refractivity contribution in [3.63, 3.8) is 0 Å². The van der Waals surface area contributed by atoms with E-state index in [4.69, 9.17) is 21.1 Å². The minimum absolute atomic E-state index is 0.0425. The maximum absolute atomic E-state index is 13.1. The van der Waals surface area contributed by atoms with Crippen LogP contribution in [0.2, 0.25) is 5.02 Å². The van der Waals surface area contributed by atoms with E-state index in [0.717, 1.165) is 12.1 Å². The zero-order chi connectivity index (χ0) is 23.3. The summed E-state index contributed by atoms with van der Waals surface area (Å²) >= 11 is 7.84. The van der Waals surface area contributed by atoms with Crippen molar-refractivity contribution in [2.75, 3.05) is 32.1 Å². The van der Waals surface area contributed by atoms with Gasteiger partial charge in [-0.05, 0) is 44.2 Å². The molecule has 7 nitrogen and oxygen atoms in total. The van der Waals surface area contributed by atoms with Crippen molar-refractivity contribution in [3.05, 3.63) is 33.8 Å². The summed E-state index contributed by atoms with van der Waals surface area (Å²) in [7, 11) is 1.53. The number of carbonyl (C=O) groups is 2. The van der Waals surface area contributed by atoms with E-state index in [9.17, 15) is 9.59 Å². The van der Waals surface area contributed by atoms with Crippen LogP contribution >= 0.6 is 22.9 Å². The Bertz CT molecular complexity index is 955. The second-order valence-electron chi connectivity index (χ2n) is 8.37. The summed E-state index contributed by atoms with van der Waals surface area (Å²) in [5.74, 6) is 1.10. The minimum Gasteiger partial charge on any atom is -0.493 e. The number of thiazole rings is 1. The molecular formula is C23H30ClN3O4S. The highest BCUT2D eigenvalue weighted by atomic mass is 35.5. The molecular weight excluding hydrogens is 450 g/mol. The lowest BCUT2D eigenvalue weighted by Crippen LogP contribution is -2.41. The number of anilines is 1. The molecule has 0 atom stereocenters. The van der Waals surface area contributed by atoms with Crippen LogP contribution in [0.15, 0.2) is 17.5 Å². The van der Waals surface area contributed by atoms with Crippen molar-refractivity contribution >= 4 is 39.9 Å². The van der Waals surface area contributed by atoms with Gasteiger partial charge in [0.1, 0.15) is 0 Å². The number of carbonyl (C=O) groups excluding carboxylic acids is 2. The smallest absolute Gasteiger partial charge is 0.254 e. The van der Waals surface area contributed by atoms with Gasteiger partial charge in [0, 0.05) is 30.0 Å². The molecule has 0 radical (unpaired) electrons. The Labute approximate surface area is 198 Å². The van der Waals surface area contributed by atoms with Gasteiger partial charge in [0.25, 0.3) is 5.91 Å². The van der Waals surface area contributed by atoms with Crippen molar-refractivity contribution < 1.29 is 19.1 Å². The standard InChI is InChI=1S/C23H30ClN3O4S/c1-14(2)7-10-31-20-18(24)11-17(12-19(20)30-4)22(29)27-8-5-16(6-9-27)21(28)26-23-25-15(3)13-32-23/h11-14,16H,5-10H2,1-4H3,(H,25,26,28). The fourth-order valence-corrected chi connectivity index (χ4v) is 4.48. The van der Waals surface area contributed by atoms with Crippen LogP contribution in [0, 0.1) is 18.8 Å². The van der Waals surface area contributed by atoms with Crippen LogP contribution in [-0.2, 0) is 4.79 Å². The minimum atomic E-state index is -0.141. The van der Waals surface area contributed by atoms with Gasteiger partial charge in [-0.2, -0.15) is 0 Å². The number of nitrogens with zero attached hydrogens (tertiary/aromatic N) is 2. The van der Waals surface area contributed by atoms with Gasteiger partial charge < -0.3 is 19.7 Å². The summed E-state index contributed by atoms with van der Waals surface area (Å²) in [6, 6.07) is 3.29. The first-order valence-electron chi connectivity index (χ1n) is 10.8. The maximum atomic E-state index is 13.1. The largest absolute Gasteiger partial charge is 0.493 e. The van der Waals surface area contributed by atoms with Gasteiger partial charge in [0.2, 0.25) is 5.91 Å². The molecule has 2 heterocycles. The molecule has 1 aliphatic rings. The highest BCUT2D eigenvalue weighted by molar-refractivity contribution is 7.13. The first kappa shape index (κ1) is 24.3. The fourth-order valence-electron chi connectivity index (χ4n) is 3.53. The van der Waals surface area contributed by atoms with Crippen LogP contribution in [-0.4, -0.2) is 48.5 Å². The third kappa shape index (κ3) is 6.13. The average Bonchev–Trinajstić information content (AvgIpc) is 3.18. The first-order valence-corrected chi connectivity index (χ1v) is 12.1. The number of nitrogens with one attached hydrogen (secondary N) is 1. The van der Waals surface area contributed by atoms with Crippen LogP contribution in [0.4, 0.5) is 5.13 Å². The third-order valence-electron chi connectivity index (χ3n) is 5.42. The van der Waals surface area contributed by atoms with E-state index in [1.54, 1.807) is 17.0 Å². The topological polar surface area (TPSA) is 80.8 Å².